The van der Waals surface area contributed by atoms with E-state index in [-0.39, 0.29) is 5.91 Å². The normalized spacial score (nSPS) is 11.1. The van der Waals surface area contributed by atoms with Gasteiger partial charge in [0.15, 0.2) is 0 Å². The summed E-state index contributed by atoms with van der Waals surface area (Å²) in [5.74, 6) is -0.248. The van der Waals surface area contributed by atoms with Crippen molar-refractivity contribution >= 4 is 34.1 Å². The topological polar surface area (TPSA) is 41.5 Å². The maximum absolute atomic E-state index is 11.8. The third-order valence-electron chi connectivity index (χ3n) is 2.53. The van der Waals surface area contributed by atoms with E-state index in [1.807, 2.05) is 48.5 Å². The van der Waals surface area contributed by atoms with Gasteiger partial charge in [-0.05, 0) is 39.7 Å². The molecule has 2 rings (SSSR count). The van der Waals surface area contributed by atoms with Gasteiger partial charge < -0.3 is 0 Å². The van der Waals surface area contributed by atoms with Crippen molar-refractivity contribution in [1.82, 2.24) is 5.43 Å². The summed E-state index contributed by atoms with van der Waals surface area (Å²) >= 11 is 3.32. The van der Waals surface area contributed by atoms with Gasteiger partial charge in [-0.15, -0.1) is 0 Å². The van der Waals surface area contributed by atoms with Crippen molar-refractivity contribution in [2.45, 2.75) is 0 Å². The average Bonchev–Trinajstić information content (AvgIpc) is 2.48. The van der Waals surface area contributed by atoms with E-state index in [1.54, 1.807) is 24.4 Å². The molecule has 100 valence electrons. The molecule has 0 atom stereocenters. The van der Waals surface area contributed by atoms with Crippen molar-refractivity contribution in [2.75, 3.05) is 0 Å². The SMILES string of the molecule is O=C(N/N=C/C=C/c1ccccc1)c1ccccc1Br. The molecule has 0 aliphatic heterocycles. The predicted molar refractivity (Wildman–Crippen MR) is 85.6 cm³/mol. The zero-order valence-corrected chi connectivity index (χ0v) is 12.2. The Morgan fingerprint density at radius 3 is 2.50 bits per heavy atom. The third-order valence-corrected chi connectivity index (χ3v) is 3.22. The fourth-order valence-electron chi connectivity index (χ4n) is 1.56. The molecule has 3 nitrogen and oxygen atoms in total. The number of nitrogens with one attached hydrogen (secondary N) is 1. The number of carbonyl (C=O) groups excluding carboxylic acids is 1. The Morgan fingerprint density at radius 2 is 1.75 bits per heavy atom. The van der Waals surface area contributed by atoms with Crippen LogP contribution in [0.1, 0.15) is 15.9 Å². The Labute approximate surface area is 126 Å². The number of amides is 1. The standard InChI is InChI=1S/C16H13BrN2O/c17-15-11-5-4-10-14(15)16(20)19-18-12-6-9-13-7-2-1-3-8-13/h1-12H,(H,19,20)/b9-6+,18-12+. The molecule has 0 saturated heterocycles. The average molecular weight is 329 g/mol. The summed E-state index contributed by atoms with van der Waals surface area (Å²) in [7, 11) is 0. The summed E-state index contributed by atoms with van der Waals surface area (Å²) < 4.78 is 0.743. The van der Waals surface area contributed by atoms with Crippen molar-refractivity contribution in [3.63, 3.8) is 0 Å². The number of rotatable bonds is 4. The van der Waals surface area contributed by atoms with Crippen LogP contribution in [0, 0.1) is 0 Å². The van der Waals surface area contributed by atoms with Crippen LogP contribution in [0.15, 0.2) is 70.2 Å². The number of allylic oxidation sites excluding steroid dienone is 1. The molecule has 2 aromatic carbocycles. The highest BCUT2D eigenvalue weighted by atomic mass is 79.9. The number of hydrogen-bond acceptors (Lipinski definition) is 2. The van der Waals surface area contributed by atoms with Crippen LogP contribution in [0.2, 0.25) is 0 Å². The Bertz CT molecular complexity index is 636. The van der Waals surface area contributed by atoms with Crippen LogP contribution in [-0.2, 0) is 0 Å². The Balaban J connectivity index is 1.89. The molecule has 0 heterocycles. The highest BCUT2D eigenvalue weighted by molar-refractivity contribution is 9.10. The zero-order chi connectivity index (χ0) is 14.2. The van der Waals surface area contributed by atoms with Crippen LogP contribution in [-0.4, -0.2) is 12.1 Å². The monoisotopic (exact) mass is 328 g/mol. The molecule has 0 bridgehead atoms. The van der Waals surface area contributed by atoms with Gasteiger partial charge in [0, 0.05) is 10.7 Å². The molecule has 20 heavy (non-hydrogen) atoms. The smallest absolute Gasteiger partial charge is 0.267 e. The number of benzene rings is 2. The Hall–Kier alpha value is -2.20. The van der Waals surface area contributed by atoms with E-state index in [1.165, 1.54) is 0 Å². The molecule has 0 radical (unpaired) electrons. The molecule has 2 aromatic rings. The lowest BCUT2D eigenvalue weighted by atomic mass is 10.2. The molecule has 0 spiro atoms. The molecule has 0 unspecified atom stereocenters. The van der Waals surface area contributed by atoms with Crippen LogP contribution in [0.25, 0.3) is 6.08 Å². The maximum atomic E-state index is 11.8. The predicted octanol–water partition coefficient (Wildman–Crippen LogP) is 3.88. The highest BCUT2D eigenvalue weighted by Crippen LogP contribution is 2.15. The van der Waals surface area contributed by atoms with Gasteiger partial charge >= 0.3 is 0 Å². The minimum absolute atomic E-state index is 0.248. The number of carbonyl (C=O) groups is 1. The van der Waals surface area contributed by atoms with E-state index in [2.05, 4.69) is 26.5 Å². The van der Waals surface area contributed by atoms with E-state index >= 15 is 0 Å². The first-order valence-corrected chi connectivity index (χ1v) is 6.86. The van der Waals surface area contributed by atoms with Crippen molar-refractivity contribution < 1.29 is 4.79 Å². The third kappa shape index (κ3) is 4.17. The maximum Gasteiger partial charge on any atom is 0.272 e. The van der Waals surface area contributed by atoms with Gasteiger partial charge in [0.25, 0.3) is 5.91 Å². The van der Waals surface area contributed by atoms with Gasteiger partial charge in [-0.3, -0.25) is 4.79 Å². The van der Waals surface area contributed by atoms with Gasteiger partial charge in [-0.1, -0.05) is 48.5 Å². The van der Waals surface area contributed by atoms with Crippen molar-refractivity contribution in [3.05, 3.63) is 76.3 Å². The molecule has 1 amide bonds. The zero-order valence-electron chi connectivity index (χ0n) is 10.7. The van der Waals surface area contributed by atoms with Gasteiger partial charge in [0.1, 0.15) is 0 Å². The second kappa shape index (κ2) is 7.40. The summed E-state index contributed by atoms with van der Waals surface area (Å²) in [6.07, 6.45) is 5.23. The number of hydrogen-bond donors (Lipinski definition) is 1. The van der Waals surface area contributed by atoms with Crippen molar-refractivity contribution in [1.29, 1.82) is 0 Å². The second-order valence-corrected chi connectivity index (χ2v) is 4.82. The first-order valence-electron chi connectivity index (χ1n) is 6.07. The molecule has 0 aromatic heterocycles. The summed E-state index contributed by atoms with van der Waals surface area (Å²) in [4.78, 5) is 11.8. The minimum atomic E-state index is -0.248. The first-order chi connectivity index (χ1) is 9.77. The molecular formula is C16H13BrN2O. The lowest BCUT2D eigenvalue weighted by Crippen LogP contribution is -2.17. The minimum Gasteiger partial charge on any atom is -0.267 e. The lowest BCUT2D eigenvalue weighted by molar-refractivity contribution is 0.0954. The quantitative estimate of drug-likeness (QED) is 0.671. The molecule has 1 N–H and O–H groups in total. The van der Waals surface area contributed by atoms with Crippen molar-refractivity contribution in [2.24, 2.45) is 5.10 Å². The van der Waals surface area contributed by atoms with E-state index < -0.39 is 0 Å². The fraction of sp³-hybridized carbons (Fsp3) is 0. The molecule has 0 saturated carbocycles. The van der Waals surface area contributed by atoms with Gasteiger partial charge in [0.05, 0.1) is 5.56 Å². The summed E-state index contributed by atoms with van der Waals surface area (Å²) in [6, 6.07) is 17.1. The molecular weight excluding hydrogens is 316 g/mol. The lowest BCUT2D eigenvalue weighted by Gasteiger charge is -2.01. The number of halogens is 1. The summed E-state index contributed by atoms with van der Waals surface area (Å²) in [5, 5.41) is 3.87. The van der Waals surface area contributed by atoms with Crippen molar-refractivity contribution in [3.8, 4) is 0 Å². The Kier molecular flexibility index (Phi) is 5.26. The summed E-state index contributed by atoms with van der Waals surface area (Å²) in [5.41, 5.74) is 4.11. The molecule has 0 aliphatic carbocycles. The van der Waals surface area contributed by atoms with Crippen LogP contribution < -0.4 is 5.43 Å². The van der Waals surface area contributed by atoms with E-state index in [0.717, 1.165) is 10.0 Å². The highest BCUT2D eigenvalue weighted by Gasteiger charge is 2.06. The second-order valence-electron chi connectivity index (χ2n) is 3.97. The van der Waals surface area contributed by atoms with Crippen LogP contribution in [0.4, 0.5) is 0 Å². The Morgan fingerprint density at radius 1 is 1.05 bits per heavy atom. The van der Waals surface area contributed by atoms with Crippen LogP contribution in [0.3, 0.4) is 0 Å². The van der Waals surface area contributed by atoms with Gasteiger partial charge in [-0.2, -0.15) is 5.10 Å². The van der Waals surface area contributed by atoms with Gasteiger partial charge in [0.2, 0.25) is 0 Å². The molecule has 4 heteroatoms. The van der Waals surface area contributed by atoms with Gasteiger partial charge in [-0.25, -0.2) is 5.43 Å². The number of nitrogens with zero attached hydrogens (tertiary/aromatic N) is 1. The summed E-state index contributed by atoms with van der Waals surface area (Å²) in [6.45, 7) is 0. The van der Waals surface area contributed by atoms with E-state index in [4.69, 9.17) is 0 Å². The van der Waals surface area contributed by atoms with E-state index in [0.29, 0.717) is 5.56 Å². The largest absolute Gasteiger partial charge is 0.272 e. The molecule has 0 aliphatic rings. The first kappa shape index (κ1) is 14.2. The fourth-order valence-corrected chi connectivity index (χ4v) is 2.03. The van der Waals surface area contributed by atoms with Crippen LogP contribution in [0.5, 0.6) is 0 Å². The molecule has 0 fully saturated rings. The number of hydrazone groups is 1. The van der Waals surface area contributed by atoms with E-state index in [9.17, 15) is 4.79 Å². The van der Waals surface area contributed by atoms with Crippen LogP contribution >= 0.6 is 15.9 Å².